The zero-order valence-electron chi connectivity index (χ0n) is 21.6. The molecule has 0 spiro atoms. The number of carbonyl (C=O) groups excluding carboxylic acids is 2. The van der Waals surface area contributed by atoms with Gasteiger partial charge in [0.15, 0.2) is 6.61 Å². The Labute approximate surface area is 222 Å². The molecule has 0 atom stereocenters. The number of fused-ring (bicyclic) bond motifs is 1. The van der Waals surface area contributed by atoms with Gasteiger partial charge < -0.3 is 14.2 Å². The Kier molecular flexibility index (Phi) is 8.72. The van der Waals surface area contributed by atoms with Gasteiger partial charge in [0.25, 0.3) is 5.91 Å². The maximum atomic E-state index is 12.8. The molecule has 0 heterocycles. The van der Waals surface area contributed by atoms with Crippen LogP contribution in [-0.2, 0) is 4.79 Å². The van der Waals surface area contributed by atoms with E-state index >= 15 is 0 Å². The number of nitrogens with zero attached hydrogens (tertiary/aromatic N) is 1. The maximum Gasteiger partial charge on any atom is 0.343 e. The molecule has 0 aromatic heterocycles. The number of benzene rings is 4. The smallest absolute Gasteiger partial charge is 0.343 e. The summed E-state index contributed by atoms with van der Waals surface area (Å²) >= 11 is 0. The molecule has 0 aliphatic heterocycles. The van der Waals surface area contributed by atoms with Crippen molar-refractivity contribution in [3.8, 4) is 17.2 Å². The lowest BCUT2D eigenvalue weighted by molar-refractivity contribution is -0.123. The highest BCUT2D eigenvalue weighted by molar-refractivity contribution is 6.04. The number of nitrogens with one attached hydrogen (secondary N) is 1. The minimum Gasteiger partial charge on any atom is -0.494 e. The van der Waals surface area contributed by atoms with Crippen molar-refractivity contribution in [3.63, 3.8) is 0 Å². The highest BCUT2D eigenvalue weighted by Gasteiger charge is 2.14. The van der Waals surface area contributed by atoms with Crippen LogP contribution in [0.25, 0.3) is 10.8 Å². The van der Waals surface area contributed by atoms with Crippen molar-refractivity contribution >= 4 is 28.9 Å². The van der Waals surface area contributed by atoms with Crippen molar-refractivity contribution < 1.29 is 23.8 Å². The summed E-state index contributed by atoms with van der Waals surface area (Å²) in [6.07, 6.45) is 1.47. The third kappa shape index (κ3) is 6.76. The SMILES string of the molecule is CCOc1ccc(C(=O)Oc2ccc3ccccc3c2/C=N/NC(=O)COc2ccc(C(C)C)cc2)cc1. The number of hydrazone groups is 1. The van der Waals surface area contributed by atoms with E-state index in [1.807, 2.05) is 61.5 Å². The van der Waals surface area contributed by atoms with Gasteiger partial charge in [-0.1, -0.05) is 56.3 Å². The van der Waals surface area contributed by atoms with Gasteiger partial charge >= 0.3 is 5.97 Å². The second-order valence-electron chi connectivity index (χ2n) is 8.85. The molecule has 4 aromatic carbocycles. The minimum absolute atomic E-state index is 0.187. The second kappa shape index (κ2) is 12.5. The van der Waals surface area contributed by atoms with E-state index in [0.29, 0.717) is 40.9 Å². The molecule has 0 saturated carbocycles. The van der Waals surface area contributed by atoms with Crippen molar-refractivity contribution in [2.75, 3.05) is 13.2 Å². The van der Waals surface area contributed by atoms with Crippen molar-refractivity contribution in [2.45, 2.75) is 26.7 Å². The molecule has 1 amide bonds. The first kappa shape index (κ1) is 26.4. The first-order valence-electron chi connectivity index (χ1n) is 12.5. The summed E-state index contributed by atoms with van der Waals surface area (Å²) in [6, 6.07) is 25.6. The van der Waals surface area contributed by atoms with E-state index in [-0.39, 0.29) is 6.61 Å². The van der Waals surface area contributed by atoms with E-state index in [1.165, 1.54) is 11.8 Å². The summed E-state index contributed by atoms with van der Waals surface area (Å²) in [5.74, 6) is 1.09. The quantitative estimate of drug-likeness (QED) is 0.120. The third-order valence-electron chi connectivity index (χ3n) is 5.83. The van der Waals surface area contributed by atoms with Crippen LogP contribution in [0.2, 0.25) is 0 Å². The third-order valence-corrected chi connectivity index (χ3v) is 5.83. The highest BCUT2D eigenvalue weighted by atomic mass is 16.5. The van der Waals surface area contributed by atoms with Crippen molar-refractivity contribution in [1.82, 2.24) is 5.43 Å². The summed E-state index contributed by atoms with van der Waals surface area (Å²) in [7, 11) is 0. The van der Waals surface area contributed by atoms with Crippen molar-refractivity contribution in [1.29, 1.82) is 0 Å². The number of carbonyl (C=O) groups is 2. The van der Waals surface area contributed by atoms with Crippen LogP contribution in [0.5, 0.6) is 17.2 Å². The van der Waals surface area contributed by atoms with Crippen LogP contribution >= 0.6 is 0 Å². The van der Waals surface area contributed by atoms with E-state index in [4.69, 9.17) is 14.2 Å². The van der Waals surface area contributed by atoms with Crippen LogP contribution in [0, 0.1) is 0 Å². The van der Waals surface area contributed by atoms with Crippen molar-refractivity contribution in [2.24, 2.45) is 5.10 Å². The van der Waals surface area contributed by atoms with Gasteiger partial charge in [0.05, 0.1) is 18.4 Å². The molecule has 0 aliphatic rings. The predicted octanol–water partition coefficient (Wildman–Crippen LogP) is 6.11. The maximum absolute atomic E-state index is 12.8. The molecule has 1 N–H and O–H groups in total. The van der Waals surface area contributed by atoms with E-state index in [1.54, 1.807) is 30.3 Å². The molecule has 194 valence electrons. The monoisotopic (exact) mass is 510 g/mol. The predicted molar refractivity (Wildman–Crippen MR) is 148 cm³/mol. The zero-order chi connectivity index (χ0) is 26.9. The molecule has 7 nitrogen and oxygen atoms in total. The van der Waals surface area contributed by atoms with E-state index in [0.717, 1.165) is 10.8 Å². The van der Waals surface area contributed by atoms with Crippen LogP contribution < -0.4 is 19.6 Å². The Balaban J connectivity index is 1.45. The van der Waals surface area contributed by atoms with Crippen LogP contribution in [0.3, 0.4) is 0 Å². The fourth-order valence-electron chi connectivity index (χ4n) is 3.81. The molecule has 4 aromatic rings. The average Bonchev–Trinajstić information content (AvgIpc) is 2.93. The van der Waals surface area contributed by atoms with Gasteiger partial charge in [-0.15, -0.1) is 0 Å². The number of rotatable bonds is 10. The van der Waals surface area contributed by atoms with Gasteiger partial charge in [0.2, 0.25) is 0 Å². The van der Waals surface area contributed by atoms with E-state index in [2.05, 4.69) is 24.4 Å². The number of hydrogen-bond acceptors (Lipinski definition) is 6. The topological polar surface area (TPSA) is 86.2 Å². The van der Waals surface area contributed by atoms with Crippen LogP contribution in [0.1, 0.15) is 48.2 Å². The molecule has 7 heteroatoms. The average molecular weight is 511 g/mol. The Hall–Kier alpha value is -4.65. The standard InChI is InChI=1S/C31H30N2O5/c1-4-36-25-16-11-24(12-17-25)31(35)38-29-18-13-23-7-5-6-8-27(23)28(29)19-32-33-30(34)20-37-26-14-9-22(10-15-26)21(2)3/h5-19,21H,4,20H2,1-3H3,(H,33,34)/b32-19+. The molecule has 0 fully saturated rings. The molecular weight excluding hydrogens is 480 g/mol. The summed E-state index contributed by atoms with van der Waals surface area (Å²) in [5.41, 5.74) is 4.62. The molecule has 0 saturated heterocycles. The number of hydrogen-bond donors (Lipinski definition) is 1. The lowest BCUT2D eigenvalue weighted by Gasteiger charge is -2.11. The first-order valence-corrected chi connectivity index (χ1v) is 12.5. The van der Waals surface area contributed by atoms with Crippen LogP contribution in [-0.4, -0.2) is 31.3 Å². The molecule has 0 unspecified atom stereocenters. The van der Waals surface area contributed by atoms with Gasteiger partial charge in [-0.3, -0.25) is 4.79 Å². The van der Waals surface area contributed by atoms with Gasteiger partial charge in [0, 0.05) is 5.56 Å². The molecule has 4 rings (SSSR count). The Morgan fingerprint density at radius 3 is 2.26 bits per heavy atom. The molecule has 0 radical (unpaired) electrons. The largest absolute Gasteiger partial charge is 0.494 e. The molecule has 0 bridgehead atoms. The fourth-order valence-corrected chi connectivity index (χ4v) is 3.81. The number of ether oxygens (including phenoxy) is 3. The van der Waals surface area contributed by atoms with E-state index in [9.17, 15) is 9.59 Å². The summed E-state index contributed by atoms with van der Waals surface area (Å²) < 4.78 is 16.7. The lowest BCUT2D eigenvalue weighted by Crippen LogP contribution is -2.24. The minimum atomic E-state index is -0.515. The highest BCUT2D eigenvalue weighted by Crippen LogP contribution is 2.28. The Bertz CT molecular complexity index is 1430. The summed E-state index contributed by atoms with van der Waals surface area (Å²) in [5, 5.41) is 5.86. The molecule has 0 aliphatic carbocycles. The van der Waals surface area contributed by atoms with Gasteiger partial charge in [-0.25, -0.2) is 10.2 Å². The molecule has 38 heavy (non-hydrogen) atoms. The summed E-state index contributed by atoms with van der Waals surface area (Å²) in [4.78, 5) is 25.2. The van der Waals surface area contributed by atoms with Gasteiger partial charge in [-0.2, -0.15) is 5.10 Å². The fraction of sp³-hybridized carbons (Fsp3) is 0.194. The van der Waals surface area contributed by atoms with Gasteiger partial charge in [-0.05, 0) is 71.6 Å². The summed E-state index contributed by atoms with van der Waals surface area (Å²) in [6.45, 7) is 6.48. The van der Waals surface area contributed by atoms with Crippen LogP contribution in [0.4, 0.5) is 0 Å². The molecular formula is C31H30N2O5. The van der Waals surface area contributed by atoms with Crippen molar-refractivity contribution in [3.05, 3.63) is 102 Å². The Morgan fingerprint density at radius 2 is 1.55 bits per heavy atom. The first-order chi connectivity index (χ1) is 18.4. The number of esters is 1. The van der Waals surface area contributed by atoms with Gasteiger partial charge in [0.1, 0.15) is 17.2 Å². The normalized spacial score (nSPS) is 11.1. The van der Waals surface area contributed by atoms with E-state index < -0.39 is 11.9 Å². The Morgan fingerprint density at radius 1 is 0.868 bits per heavy atom. The number of amides is 1. The van der Waals surface area contributed by atoms with Crippen LogP contribution in [0.15, 0.2) is 90.0 Å². The second-order valence-corrected chi connectivity index (χ2v) is 8.85. The lowest BCUT2D eigenvalue weighted by atomic mass is 10.0. The zero-order valence-corrected chi connectivity index (χ0v) is 21.6.